The summed E-state index contributed by atoms with van der Waals surface area (Å²) < 4.78 is 23.3. The molecule has 1 N–H and O–H groups in total. The molecule has 2 aliphatic heterocycles. The molecule has 1 saturated heterocycles. The number of carbonyl (C=O) groups excluding carboxylic acids is 2. The van der Waals surface area contributed by atoms with Crippen LogP contribution >= 0.6 is 0 Å². The molecule has 2 aliphatic rings. The average molecular weight is 566 g/mol. The Balaban J connectivity index is 1.42. The zero-order chi connectivity index (χ0) is 29.2. The number of amides is 1. The van der Waals surface area contributed by atoms with Gasteiger partial charge < -0.3 is 28.6 Å². The summed E-state index contributed by atoms with van der Waals surface area (Å²) in [6.07, 6.45) is 2.23. The SMILES string of the molecule is CCOc1cc([C@H]2C(=C(O)c3ccc4c(c3)C[C@H](C)O4)C(=O)C(=O)N2Cc2ccco2)ccc1OCc1ccccc1. The number of hydrogen-bond donors (Lipinski definition) is 1. The van der Waals surface area contributed by atoms with Gasteiger partial charge in [-0.1, -0.05) is 36.4 Å². The van der Waals surface area contributed by atoms with E-state index in [1.165, 1.54) is 11.2 Å². The van der Waals surface area contributed by atoms with E-state index in [1.54, 1.807) is 42.5 Å². The second-order valence-electron chi connectivity index (χ2n) is 10.4. The van der Waals surface area contributed by atoms with Crippen LogP contribution in [0.4, 0.5) is 0 Å². The number of aliphatic hydroxyl groups is 1. The highest BCUT2D eigenvalue weighted by atomic mass is 16.5. The first-order valence-electron chi connectivity index (χ1n) is 14.0. The number of carbonyl (C=O) groups is 2. The van der Waals surface area contributed by atoms with E-state index < -0.39 is 17.7 Å². The molecular formula is C34H31NO7. The molecule has 3 aromatic carbocycles. The van der Waals surface area contributed by atoms with Crippen LogP contribution in [0.2, 0.25) is 0 Å². The molecule has 8 nitrogen and oxygen atoms in total. The first-order chi connectivity index (χ1) is 20.4. The van der Waals surface area contributed by atoms with Gasteiger partial charge in [0.2, 0.25) is 0 Å². The summed E-state index contributed by atoms with van der Waals surface area (Å²) in [7, 11) is 0. The third-order valence-electron chi connectivity index (χ3n) is 7.44. The van der Waals surface area contributed by atoms with Gasteiger partial charge in [0.1, 0.15) is 30.0 Å². The van der Waals surface area contributed by atoms with Crippen LogP contribution in [0.5, 0.6) is 17.2 Å². The minimum absolute atomic E-state index is 0.00104. The quantitative estimate of drug-likeness (QED) is 0.147. The molecule has 2 atom stereocenters. The minimum atomic E-state index is -0.888. The van der Waals surface area contributed by atoms with Crippen LogP contribution < -0.4 is 14.2 Å². The lowest BCUT2D eigenvalue weighted by atomic mass is 9.94. The summed E-state index contributed by atoms with van der Waals surface area (Å²) in [6.45, 7) is 4.62. The zero-order valence-electron chi connectivity index (χ0n) is 23.4. The summed E-state index contributed by atoms with van der Waals surface area (Å²) in [4.78, 5) is 28.4. The zero-order valence-corrected chi connectivity index (χ0v) is 23.4. The highest BCUT2D eigenvalue weighted by Gasteiger charge is 2.46. The molecule has 6 rings (SSSR count). The Kier molecular flexibility index (Phi) is 7.44. The molecule has 0 radical (unpaired) electrons. The van der Waals surface area contributed by atoms with E-state index in [2.05, 4.69) is 0 Å². The molecule has 0 bridgehead atoms. The second kappa shape index (κ2) is 11.5. The van der Waals surface area contributed by atoms with Crippen LogP contribution in [0.3, 0.4) is 0 Å². The van der Waals surface area contributed by atoms with Gasteiger partial charge in [0.05, 0.1) is 31.0 Å². The molecule has 3 heterocycles. The van der Waals surface area contributed by atoms with Gasteiger partial charge in [0.25, 0.3) is 11.7 Å². The van der Waals surface area contributed by atoms with E-state index in [9.17, 15) is 14.7 Å². The molecule has 214 valence electrons. The fraction of sp³-hybridized carbons (Fsp3) is 0.235. The van der Waals surface area contributed by atoms with Gasteiger partial charge in [0, 0.05) is 12.0 Å². The largest absolute Gasteiger partial charge is 0.507 e. The molecule has 42 heavy (non-hydrogen) atoms. The van der Waals surface area contributed by atoms with Crippen molar-refractivity contribution < 1.29 is 33.3 Å². The second-order valence-corrected chi connectivity index (χ2v) is 10.4. The standard InChI is InChI=1S/C34H31NO7/c1-3-39-29-18-23(11-14-28(29)41-20-22-8-5-4-6-9-22)31-30(33(37)34(38)35(31)19-26-10-7-15-40-26)32(36)24-12-13-27-25(17-24)16-21(2)42-27/h4-15,17-18,21,31,36H,3,16,19-20H2,1-2H3/t21-,31-/m0/s1. The third kappa shape index (κ3) is 5.23. The fourth-order valence-corrected chi connectivity index (χ4v) is 5.50. The molecule has 1 aromatic heterocycles. The van der Waals surface area contributed by atoms with Gasteiger partial charge >= 0.3 is 0 Å². The highest BCUT2D eigenvalue weighted by molar-refractivity contribution is 6.46. The molecule has 4 aromatic rings. The van der Waals surface area contributed by atoms with Crippen LogP contribution in [-0.4, -0.2) is 34.4 Å². The summed E-state index contributed by atoms with van der Waals surface area (Å²) in [5, 5.41) is 11.6. The van der Waals surface area contributed by atoms with Crippen molar-refractivity contribution in [3.8, 4) is 17.2 Å². The summed E-state index contributed by atoms with van der Waals surface area (Å²) in [5.74, 6) is 0.526. The normalized spacial score (nSPS) is 19.0. The number of aliphatic hydroxyl groups excluding tert-OH is 1. The predicted octanol–water partition coefficient (Wildman–Crippen LogP) is 6.20. The molecule has 0 unspecified atom stereocenters. The smallest absolute Gasteiger partial charge is 0.296 e. The lowest BCUT2D eigenvalue weighted by molar-refractivity contribution is -0.140. The van der Waals surface area contributed by atoms with Gasteiger partial charge in [-0.3, -0.25) is 9.59 Å². The van der Waals surface area contributed by atoms with E-state index in [-0.39, 0.29) is 24.0 Å². The Bertz CT molecular complexity index is 1640. The van der Waals surface area contributed by atoms with Crippen LogP contribution in [0, 0.1) is 0 Å². The van der Waals surface area contributed by atoms with Gasteiger partial charge in [-0.2, -0.15) is 0 Å². The molecule has 0 aliphatic carbocycles. The van der Waals surface area contributed by atoms with Crippen molar-refractivity contribution in [2.75, 3.05) is 6.61 Å². The maximum absolute atomic E-state index is 13.5. The van der Waals surface area contributed by atoms with Crippen molar-refractivity contribution in [1.82, 2.24) is 4.90 Å². The van der Waals surface area contributed by atoms with Crippen LogP contribution in [0.1, 0.15) is 47.9 Å². The van der Waals surface area contributed by atoms with Crippen molar-refractivity contribution in [2.45, 2.75) is 45.6 Å². The molecule has 8 heteroatoms. The molecule has 0 spiro atoms. The monoisotopic (exact) mass is 565 g/mol. The number of benzene rings is 3. The Hall–Kier alpha value is -4.98. The van der Waals surface area contributed by atoms with E-state index in [0.717, 1.165) is 16.9 Å². The van der Waals surface area contributed by atoms with Crippen molar-refractivity contribution in [3.05, 3.63) is 119 Å². The topological polar surface area (TPSA) is 98.4 Å². The predicted molar refractivity (Wildman–Crippen MR) is 155 cm³/mol. The van der Waals surface area contributed by atoms with Gasteiger partial charge in [0.15, 0.2) is 11.5 Å². The first-order valence-corrected chi connectivity index (χ1v) is 14.0. The Morgan fingerprint density at radius 3 is 2.57 bits per heavy atom. The minimum Gasteiger partial charge on any atom is -0.507 e. The Morgan fingerprint density at radius 2 is 1.81 bits per heavy atom. The molecule has 0 saturated carbocycles. The van der Waals surface area contributed by atoms with E-state index >= 15 is 0 Å². The number of fused-ring (bicyclic) bond motifs is 1. The molecule has 1 amide bonds. The first kappa shape index (κ1) is 27.2. The number of ketones is 1. The van der Waals surface area contributed by atoms with Crippen molar-refractivity contribution in [2.24, 2.45) is 0 Å². The Labute approximate surface area is 243 Å². The lowest BCUT2D eigenvalue weighted by Crippen LogP contribution is -2.29. The summed E-state index contributed by atoms with van der Waals surface area (Å²) in [5.41, 5.74) is 2.98. The maximum Gasteiger partial charge on any atom is 0.296 e. The number of likely N-dealkylation sites (tertiary alicyclic amines) is 1. The number of hydrogen-bond acceptors (Lipinski definition) is 7. The number of Topliss-reactive ketones (excluding diaryl/α,β-unsaturated/α-hetero) is 1. The van der Waals surface area contributed by atoms with Gasteiger partial charge in [-0.05, 0) is 73.0 Å². The fourth-order valence-electron chi connectivity index (χ4n) is 5.50. The van der Waals surface area contributed by atoms with Crippen molar-refractivity contribution in [3.63, 3.8) is 0 Å². The van der Waals surface area contributed by atoms with Crippen LogP contribution in [0.25, 0.3) is 5.76 Å². The van der Waals surface area contributed by atoms with Gasteiger partial charge in [-0.15, -0.1) is 0 Å². The third-order valence-corrected chi connectivity index (χ3v) is 7.44. The van der Waals surface area contributed by atoms with Crippen LogP contribution in [-0.2, 0) is 29.2 Å². The van der Waals surface area contributed by atoms with Crippen molar-refractivity contribution >= 4 is 17.4 Å². The summed E-state index contributed by atoms with van der Waals surface area (Å²) >= 11 is 0. The average Bonchev–Trinajstić information content (AvgIpc) is 3.71. The lowest BCUT2D eigenvalue weighted by Gasteiger charge is -2.25. The number of ether oxygens (including phenoxy) is 3. The van der Waals surface area contributed by atoms with Gasteiger partial charge in [-0.25, -0.2) is 0 Å². The van der Waals surface area contributed by atoms with E-state index in [4.69, 9.17) is 18.6 Å². The number of rotatable bonds is 9. The number of nitrogens with zero attached hydrogens (tertiary/aromatic N) is 1. The van der Waals surface area contributed by atoms with E-state index in [1.807, 2.05) is 50.2 Å². The maximum atomic E-state index is 13.5. The Morgan fingerprint density at radius 1 is 0.976 bits per heavy atom. The van der Waals surface area contributed by atoms with Crippen molar-refractivity contribution in [1.29, 1.82) is 0 Å². The van der Waals surface area contributed by atoms with E-state index in [0.29, 0.717) is 48.0 Å². The molecular weight excluding hydrogens is 534 g/mol. The summed E-state index contributed by atoms with van der Waals surface area (Å²) in [6, 6.07) is 23.0. The highest BCUT2D eigenvalue weighted by Crippen LogP contribution is 2.43. The molecule has 1 fully saturated rings. The number of furan rings is 1. The van der Waals surface area contributed by atoms with Crippen LogP contribution in [0.15, 0.2) is 95.1 Å².